The van der Waals surface area contributed by atoms with Crippen LogP contribution in [0.25, 0.3) is 0 Å². The molecule has 0 aliphatic heterocycles. The number of carbonyl (C=O) groups is 2. The standard InChI is InChI=1S/C9H12Br2O4/c1-3-6(9(14)15)4(8(12)13)2-5(10)7(3)11/h3-7H,2H2,1H3,(H,12,13)(H,14,15)/t3-,4-,5-,6+,7-/m0/s1. The van der Waals surface area contributed by atoms with Crippen LogP contribution in [0.4, 0.5) is 0 Å². The molecule has 5 atom stereocenters. The number of halogens is 2. The van der Waals surface area contributed by atoms with E-state index in [0.717, 1.165) is 0 Å². The Kier molecular flexibility index (Phi) is 4.17. The quantitative estimate of drug-likeness (QED) is 0.751. The van der Waals surface area contributed by atoms with Gasteiger partial charge in [-0.2, -0.15) is 0 Å². The number of rotatable bonds is 2. The van der Waals surface area contributed by atoms with Crippen molar-refractivity contribution in [3.63, 3.8) is 0 Å². The van der Waals surface area contributed by atoms with Gasteiger partial charge in [0.15, 0.2) is 0 Å². The molecule has 1 saturated carbocycles. The highest BCUT2D eigenvalue weighted by atomic mass is 79.9. The van der Waals surface area contributed by atoms with Gasteiger partial charge in [0.1, 0.15) is 0 Å². The molecule has 1 fully saturated rings. The van der Waals surface area contributed by atoms with Crippen molar-refractivity contribution in [3.05, 3.63) is 0 Å². The third-order valence-corrected chi connectivity index (χ3v) is 6.05. The zero-order valence-electron chi connectivity index (χ0n) is 8.06. The van der Waals surface area contributed by atoms with Crippen LogP contribution in [0.15, 0.2) is 0 Å². The van der Waals surface area contributed by atoms with E-state index in [4.69, 9.17) is 10.2 Å². The summed E-state index contributed by atoms with van der Waals surface area (Å²) in [4.78, 5) is 22.0. The first-order valence-corrected chi connectivity index (χ1v) is 6.43. The van der Waals surface area contributed by atoms with Gasteiger partial charge in [-0.25, -0.2) is 0 Å². The van der Waals surface area contributed by atoms with Crippen LogP contribution in [0.5, 0.6) is 0 Å². The van der Waals surface area contributed by atoms with E-state index in [1.807, 2.05) is 0 Å². The number of aliphatic carboxylic acids is 2. The zero-order valence-corrected chi connectivity index (χ0v) is 11.2. The Morgan fingerprint density at radius 1 is 1.20 bits per heavy atom. The van der Waals surface area contributed by atoms with Gasteiger partial charge in [0.25, 0.3) is 0 Å². The lowest BCUT2D eigenvalue weighted by atomic mass is 9.72. The first kappa shape index (κ1) is 13.0. The molecule has 0 saturated heterocycles. The molecule has 0 bridgehead atoms. The Bertz CT molecular complexity index is 281. The number of hydrogen-bond donors (Lipinski definition) is 2. The van der Waals surface area contributed by atoms with Crippen LogP contribution < -0.4 is 0 Å². The minimum absolute atomic E-state index is 0.00389. The van der Waals surface area contributed by atoms with Crippen LogP contribution in [0.2, 0.25) is 0 Å². The SMILES string of the molecule is C[C@@H]1[C@H](Br)[C@@H](Br)C[C@H](C(=O)O)[C@@H]1C(=O)O. The molecular weight excluding hydrogens is 332 g/mol. The van der Waals surface area contributed by atoms with Crippen molar-refractivity contribution in [3.8, 4) is 0 Å². The van der Waals surface area contributed by atoms with Crippen molar-refractivity contribution in [2.45, 2.75) is 23.0 Å². The molecule has 0 aromatic rings. The first-order chi connectivity index (χ1) is 6.86. The van der Waals surface area contributed by atoms with Crippen molar-refractivity contribution in [2.24, 2.45) is 17.8 Å². The van der Waals surface area contributed by atoms with Gasteiger partial charge in [-0.1, -0.05) is 38.8 Å². The first-order valence-electron chi connectivity index (χ1n) is 4.60. The van der Waals surface area contributed by atoms with Crippen LogP contribution in [0, 0.1) is 17.8 Å². The fourth-order valence-corrected chi connectivity index (χ4v) is 3.49. The summed E-state index contributed by atoms with van der Waals surface area (Å²) in [6.07, 6.45) is 0.340. The predicted molar refractivity (Wildman–Crippen MR) is 61.5 cm³/mol. The molecule has 15 heavy (non-hydrogen) atoms. The highest BCUT2D eigenvalue weighted by Gasteiger charge is 2.47. The van der Waals surface area contributed by atoms with Gasteiger partial charge in [0, 0.05) is 9.65 Å². The minimum Gasteiger partial charge on any atom is -0.481 e. The lowest BCUT2D eigenvalue weighted by Crippen LogP contribution is -2.46. The van der Waals surface area contributed by atoms with E-state index in [9.17, 15) is 9.59 Å². The molecular formula is C9H12Br2O4. The van der Waals surface area contributed by atoms with Crippen molar-refractivity contribution < 1.29 is 19.8 Å². The molecule has 4 nitrogen and oxygen atoms in total. The lowest BCUT2D eigenvalue weighted by molar-refractivity contribution is -0.157. The number of hydrogen-bond acceptors (Lipinski definition) is 2. The van der Waals surface area contributed by atoms with E-state index in [1.165, 1.54) is 0 Å². The van der Waals surface area contributed by atoms with Crippen molar-refractivity contribution in [2.75, 3.05) is 0 Å². The van der Waals surface area contributed by atoms with Crippen molar-refractivity contribution in [1.82, 2.24) is 0 Å². The molecule has 1 aliphatic carbocycles. The highest BCUT2D eigenvalue weighted by molar-refractivity contribution is 9.12. The third kappa shape index (κ3) is 2.53. The van der Waals surface area contributed by atoms with Gasteiger partial charge in [-0.15, -0.1) is 0 Å². The number of carboxylic acids is 2. The molecule has 0 unspecified atom stereocenters. The van der Waals surface area contributed by atoms with Gasteiger partial charge in [-0.3, -0.25) is 9.59 Å². The van der Waals surface area contributed by atoms with Crippen LogP contribution in [-0.4, -0.2) is 31.8 Å². The molecule has 2 N–H and O–H groups in total. The molecule has 6 heteroatoms. The van der Waals surface area contributed by atoms with E-state index in [1.54, 1.807) is 6.92 Å². The normalized spacial score (nSPS) is 41.1. The van der Waals surface area contributed by atoms with E-state index in [0.29, 0.717) is 6.42 Å². The zero-order chi connectivity index (χ0) is 11.7. The molecule has 0 aromatic heterocycles. The molecule has 0 heterocycles. The monoisotopic (exact) mass is 342 g/mol. The van der Waals surface area contributed by atoms with Crippen LogP contribution in [0.3, 0.4) is 0 Å². The Morgan fingerprint density at radius 3 is 2.13 bits per heavy atom. The second-order valence-electron chi connectivity index (χ2n) is 3.86. The minimum atomic E-state index is -1.03. The summed E-state index contributed by atoms with van der Waals surface area (Å²) in [5, 5.41) is 18.0. The molecule has 0 spiro atoms. The molecule has 0 amide bonds. The van der Waals surface area contributed by atoms with Crippen molar-refractivity contribution in [1.29, 1.82) is 0 Å². The van der Waals surface area contributed by atoms with E-state index in [-0.39, 0.29) is 15.6 Å². The molecule has 0 aromatic carbocycles. The molecule has 1 aliphatic rings. The third-order valence-electron chi connectivity index (χ3n) is 2.93. The van der Waals surface area contributed by atoms with Crippen LogP contribution >= 0.6 is 31.9 Å². The average molecular weight is 344 g/mol. The maximum atomic E-state index is 11.0. The lowest BCUT2D eigenvalue weighted by Gasteiger charge is -2.38. The fourth-order valence-electron chi connectivity index (χ4n) is 2.06. The Hall–Kier alpha value is -0.100. The molecule has 1 rings (SSSR count). The maximum absolute atomic E-state index is 11.0. The van der Waals surface area contributed by atoms with Gasteiger partial charge in [-0.05, 0) is 12.3 Å². The van der Waals surface area contributed by atoms with Crippen LogP contribution in [-0.2, 0) is 9.59 Å². The second-order valence-corrected chi connectivity index (χ2v) is 6.10. The smallest absolute Gasteiger partial charge is 0.307 e. The Labute approximate surface area is 104 Å². The summed E-state index contributed by atoms with van der Waals surface area (Å²) >= 11 is 6.78. The van der Waals surface area contributed by atoms with E-state index in [2.05, 4.69) is 31.9 Å². The van der Waals surface area contributed by atoms with Gasteiger partial charge in [0.2, 0.25) is 0 Å². The number of carboxylic acid groups (broad SMARTS) is 2. The summed E-state index contributed by atoms with van der Waals surface area (Å²) in [7, 11) is 0. The average Bonchev–Trinajstić information content (AvgIpc) is 2.12. The molecule has 86 valence electrons. The summed E-state index contributed by atoms with van der Waals surface area (Å²) in [6.45, 7) is 1.77. The van der Waals surface area contributed by atoms with Crippen LogP contribution in [0.1, 0.15) is 13.3 Å². The fraction of sp³-hybridized carbons (Fsp3) is 0.778. The van der Waals surface area contributed by atoms with Gasteiger partial charge in [0.05, 0.1) is 11.8 Å². The van der Waals surface area contributed by atoms with Crippen molar-refractivity contribution >= 4 is 43.8 Å². The summed E-state index contributed by atoms with van der Waals surface area (Å²) in [5.41, 5.74) is 0. The number of alkyl halides is 2. The Morgan fingerprint density at radius 2 is 1.73 bits per heavy atom. The van der Waals surface area contributed by atoms with Gasteiger partial charge >= 0.3 is 11.9 Å². The summed E-state index contributed by atoms with van der Waals surface area (Å²) < 4.78 is 0. The maximum Gasteiger partial charge on any atom is 0.307 e. The Balaban J connectivity index is 2.96. The summed E-state index contributed by atoms with van der Waals surface area (Å²) in [5.74, 6) is -3.89. The largest absolute Gasteiger partial charge is 0.481 e. The highest BCUT2D eigenvalue weighted by Crippen LogP contribution is 2.42. The summed E-state index contributed by atoms with van der Waals surface area (Å²) in [6, 6.07) is 0. The van der Waals surface area contributed by atoms with E-state index < -0.39 is 23.8 Å². The van der Waals surface area contributed by atoms with E-state index >= 15 is 0 Å². The van der Waals surface area contributed by atoms with Gasteiger partial charge < -0.3 is 10.2 Å². The topological polar surface area (TPSA) is 74.6 Å². The predicted octanol–water partition coefficient (Wildman–Crippen LogP) is 1.95. The second kappa shape index (κ2) is 4.82. The molecule has 0 radical (unpaired) electrons.